The lowest BCUT2D eigenvalue weighted by molar-refractivity contribution is 0.179. The molecule has 2 rings (SSSR count). The topological polar surface area (TPSA) is 9.23 Å². The molecule has 1 atom stereocenters. The first kappa shape index (κ1) is 12.0. The summed E-state index contributed by atoms with van der Waals surface area (Å²) in [4.78, 5) is 0. The van der Waals surface area contributed by atoms with Crippen LogP contribution in [0.3, 0.4) is 0 Å². The van der Waals surface area contributed by atoms with Gasteiger partial charge in [-0.3, -0.25) is 0 Å². The molecular weight excluding hydrogens is 208 g/mol. The summed E-state index contributed by atoms with van der Waals surface area (Å²) in [6.45, 7) is 2.96. The molecule has 0 amide bonds. The fourth-order valence-corrected chi connectivity index (χ4v) is 1.96. The molecule has 0 aromatic heterocycles. The predicted octanol–water partition coefficient (Wildman–Crippen LogP) is 4.32. The van der Waals surface area contributed by atoms with Gasteiger partial charge in [0.2, 0.25) is 0 Å². The van der Waals surface area contributed by atoms with Crippen molar-refractivity contribution in [1.82, 2.24) is 0 Å². The van der Waals surface area contributed by atoms with Crippen molar-refractivity contribution in [1.29, 1.82) is 0 Å². The normalized spacial score (nSPS) is 23.0. The Balaban J connectivity index is 1.85. The highest BCUT2D eigenvalue weighted by atomic mass is 16.5. The van der Waals surface area contributed by atoms with Crippen LogP contribution in [0, 0.1) is 5.92 Å². The molecule has 0 bridgehead atoms. The van der Waals surface area contributed by atoms with E-state index in [1.807, 2.05) is 0 Å². The molecule has 0 heterocycles. The molecule has 90 valence electrons. The quantitative estimate of drug-likeness (QED) is 0.696. The summed E-state index contributed by atoms with van der Waals surface area (Å²) in [7, 11) is 0. The zero-order chi connectivity index (χ0) is 11.9. The van der Waals surface area contributed by atoms with Crippen LogP contribution in [0.15, 0.2) is 59.9 Å². The first-order chi connectivity index (χ1) is 8.38. The molecule has 0 radical (unpaired) electrons. The van der Waals surface area contributed by atoms with Gasteiger partial charge in [-0.25, -0.2) is 0 Å². The van der Waals surface area contributed by atoms with Crippen molar-refractivity contribution in [2.24, 2.45) is 5.92 Å². The summed E-state index contributed by atoms with van der Waals surface area (Å²) < 4.78 is 5.88. The zero-order valence-electron chi connectivity index (χ0n) is 10.4. The van der Waals surface area contributed by atoms with Crippen LogP contribution in [-0.2, 0) is 4.74 Å². The average Bonchev–Trinajstić information content (AvgIpc) is 2.62. The summed E-state index contributed by atoms with van der Waals surface area (Å²) in [6, 6.07) is 0. The lowest BCUT2D eigenvalue weighted by atomic mass is 10.0. The number of allylic oxidation sites excluding steroid dienone is 8. The van der Waals surface area contributed by atoms with Crippen molar-refractivity contribution in [3.05, 3.63) is 59.9 Å². The monoisotopic (exact) mass is 228 g/mol. The molecule has 2 aliphatic rings. The zero-order valence-corrected chi connectivity index (χ0v) is 10.4. The third kappa shape index (κ3) is 3.77. The van der Waals surface area contributed by atoms with Crippen LogP contribution in [0.25, 0.3) is 0 Å². The van der Waals surface area contributed by atoms with E-state index in [0.717, 1.165) is 31.6 Å². The molecular formula is C16H20O. The Labute approximate surface area is 104 Å². The van der Waals surface area contributed by atoms with Gasteiger partial charge >= 0.3 is 0 Å². The minimum absolute atomic E-state index is 0.530. The van der Waals surface area contributed by atoms with Crippen LogP contribution in [0.5, 0.6) is 0 Å². The molecule has 17 heavy (non-hydrogen) atoms. The van der Waals surface area contributed by atoms with Crippen LogP contribution in [0.1, 0.15) is 26.2 Å². The van der Waals surface area contributed by atoms with Gasteiger partial charge in [0.05, 0.1) is 12.4 Å². The molecule has 0 saturated carbocycles. The predicted molar refractivity (Wildman–Crippen MR) is 72.6 cm³/mol. The Hall–Kier alpha value is -1.50. The van der Waals surface area contributed by atoms with Gasteiger partial charge in [-0.2, -0.15) is 0 Å². The summed E-state index contributed by atoms with van der Waals surface area (Å²) in [6.07, 6.45) is 20.4. The van der Waals surface area contributed by atoms with Crippen molar-refractivity contribution in [3.63, 3.8) is 0 Å². The summed E-state index contributed by atoms with van der Waals surface area (Å²) in [5.41, 5.74) is 1.36. The maximum atomic E-state index is 5.88. The Morgan fingerprint density at radius 3 is 2.94 bits per heavy atom. The fraction of sp³-hybridized carbons (Fsp3) is 0.375. The maximum absolute atomic E-state index is 5.88. The Bertz CT molecular complexity index is 394. The summed E-state index contributed by atoms with van der Waals surface area (Å²) in [5.74, 6) is 1.61. The Morgan fingerprint density at radius 1 is 1.24 bits per heavy atom. The second-order valence-corrected chi connectivity index (χ2v) is 4.45. The molecule has 0 saturated heterocycles. The van der Waals surface area contributed by atoms with Gasteiger partial charge < -0.3 is 4.74 Å². The average molecular weight is 228 g/mol. The SMILES string of the molecule is CCC1=CC=C(OCC2C=CC=CC2)CC=C1. The number of ether oxygens (including phenoxy) is 1. The number of rotatable bonds is 4. The van der Waals surface area contributed by atoms with Crippen molar-refractivity contribution in [2.45, 2.75) is 26.2 Å². The van der Waals surface area contributed by atoms with E-state index in [9.17, 15) is 0 Å². The van der Waals surface area contributed by atoms with Crippen LogP contribution < -0.4 is 0 Å². The van der Waals surface area contributed by atoms with E-state index in [1.54, 1.807) is 0 Å². The third-order valence-corrected chi connectivity index (χ3v) is 3.09. The summed E-state index contributed by atoms with van der Waals surface area (Å²) in [5, 5.41) is 0. The molecule has 1 unspecified atom stereocenters. The lowest BCUT2D eigenvalue weighted by Crippen LogP contribution is -2.07. The molecule has 0 aromatic carbocycles. The molecule has 0 aromatic rings. The van der Waals surface area contributed by atoms with Gasteiger partial charge in [0, 0.05) is 12.3 Å². The van der Waals surface area contributed by atoms with Gasteiger partial charge in [-0.1, -0.05) is 49.5 Å². The van der Waals surface area contributed by atoms with E-state index in [0.29, 0.717) is 5.92 Å². The molecule has 1 heteroatoms. The van der Waals surface area contributed by atoms with Crippen molar-refractivity contribution in [3.8, 4) is 0 Å². The highest BCUT2D eigenvalue weighted by molar-refractivity contribution is 5.28. The molecule has 2 aliphatic carbocycles. The first-order valence-corrected chi connectivity index (χ1v) is 6.41. The number of hydrogen-bond donors (Lipinski definition) is 0. The first-order valence-electron chi connectivity index (χ1n) is 6.41. The smallest absolute Gasteiger partial charge is 0.0997 e. The van der Waals surface area contributed by atoms with Crippen molar-refractivity contribution in [2.75, 3.05) is 6.61 Å². The van der Waals surface area contributed by atoms with Crippen LogP contribution in [0.4, 0.5) is 0 Å². The highest BCUT2D eigenvalue weighted by Gasteiger charge is 2.07. The van der Waals surface area contributed by atoms with Crippen LogP contribution in [0.2, 0.25) is 0 Å². The van der Waals surface area contributed by atoms with Gasteiger partial charge in [0.1, 0.15) is 0 Å². The maximum Gasteiger partial charge on any atom is 0.0997 e. The van der Waals surface area contributed by atoms with Gasteiger partial charge in [-0.05, 0) is 24.5 Å². The van der Waals surface area contributed by atoms with E-state index in [1.165, 1.54) is 5.57 Å². The van der Waals surface area contributed by atoms with Crippen LogP contribution in [-0.4, -0.2) is 6.61 Å². The summed E-state index contributed by atoms with van der Waals surface area (Å²) >= 11 is 0. The third-order valence-electron chi connectivity index (χ3n) is 3.09. The Kier molecular flexibility index (Phi) is 4.43. The Morgan fingerprint density at radius 2 is 2.18 bits per heavy atom. The molecule has 0 fully saturated rings. The van der Waals surface area contributed by atoms with E-state index in [4.69, 9.17) is 4.74 Å². The van der Waals surface area contributed by atoms with Crippen molar-refractivity contribution < 1.29 is 4.74 Å². The highest BCUT2D eigenvalue weighted by Crippen LogP contribution is 2.18. The second-order valence-electron chi connectivity index (χ2n) is 4.45. The second kappa shape index (κ2) is 6.29. The minimum atomic E-state index is 0.530. The molecule has 0 spiro atoms. The van der Waals surface area contributed by atoms with Crippen molar-refractivity contribution >= 4 is 0 Å². The van der Waals surface area contributed by atoms with E-state index < -0.39 is 0 Å². The van der Waals surface area contributed by atoms with Gasteiger partial charge in [0.25, 0.3) is 0 Å². The molecule has 1 nitrogen and oxygen atoms in total. The number of hydrogen-bond acceptors (Lipinski definition) is 1. The lowest BCUT2D eigenvalue weighted by Gasteiger charge is -2.15. The van der Waals surface area contributed by atoms with Gasteiger partial charge in [0.15, 0.2) is 0 Å². The molecule has 0 N–H and O–H groups in total. The van der Waals surface area contributed by atoms with E-state index >= 15 is 0 Å². The van der Waals surface area contributed by atoms with E-state index in [2.05, 4.69) is 55.5 Å². The van der Waals surface area contributed by atoms with Gasteiger partial charge in [-0.15, -0.1) is 0 Å². The minimum Gasteiger partial charge on any atom is -0.497 e. The molecule has 0 aliphatic heterocycles. The van der Waals surface area contributed by atoms with Crippen LogP contribution >= 0.6 is 0 Å². The standard InChI is InChI=1S/C16H20O/c1-2-14-9-6-10-16(12-11-14)17-13-15-7-4-3-5-8-15/h3-7,9,11-12,15H,2,8,10,13H2,1H3. The largest absolute Gasteiger partial charge is 0.497 e. The van der Waals surface area contributed by atoms with E-state index in [-0.39, 0.29) is 0 Å². The fourth-order valence-electron chi connectivity index (χ4n) is 1.96.